The number of nitrogens with one attached hydrogen (secondary N) is 1. The summed E-state index contributed by atoms with van der Waals surface area (Å²) in [4.78, 5) is 13.9. The van der Waals surface area contributed by atoms with E-state index in [0.717, 1.165) is 50.9 Å². The number of hydrogen-bond donors (Lipinski definition) is 2. The predicted molar refractivity (Wildman–Crippen MR) is 199 cm³/mol. The van der Waals surface area contributed by atoms with Gasteiger partial charge in [0.1, 0.15) is 12.3 Å². The molecule has 2 N–H and O–H groups in total. The van der Waals surface area contributed by atoms with Crippen molar-refractivity contribution >= 4 is 10.9 Å². The number of aliphatic hydroxyl groups excluding tert-OH is 1. The van der Waals surface area contributed by atoms with E-state index in [-0.39, 0.29) is 34.4 Å². The van der Waals surface area contributed by atoms with E-state index in [9.17, 15) is 31.4 Å². The number of hydrogen-bond acceptors (Lipinski definition) is 7. The average molecular weight is 764 g/mol. The first-order valence-electron chi connectivity index (χ1n) is 18.6. The maximum absolute atomic E-state index is 14.8. The van der Waals surface area contributed by atoms with Crippen molar-refractivity contribution in [3.8, 4) is 28.3 Å². The highest BCUT2D eigenvalue weighted by molar-refractivity contribution is 5.92. The molecule has 2 aromatic heterocycles. The lowest BCUT2D eigenvalue weighted by Gasteiger charge is -2.40. The Balaban J connectivity index is 1.41. The smallest absolute Gasteiger partial charge is 0.416 e. The van der Waals surface area contributed by atoms with Gasteiger partial charge < -0.3 is 14.7 Å². The van der Waals surface area contributed by atoms with Crippen LogP contribution in [0.3, 0.4) is 0 Å². The summed E-state index contributed by atoms with van der Waals surface area (Å²) < 4.78 is 92.2. The van der Waals surface area contributed by atoms with Crippen molar-refractivity contribution in [1.29, 1.82) is 0 Å². The van der Waals surface area contributed by atoms with Crippen LogP contribution < -0.4 is 10.1 Å². The summed E-state index contributed by atoms with van der Waals surface area (Å²) in [7, 11) is 1.47. The van der Waals surface area contributed by atoms with Gasteiger partial charge >= 0.3 is 12.4 Å². The van der Waals surface area contributed by atoms with Crippen molar-refractivity contribution < 1.29 is 36.2 Å². The molecule has 0 amide bonds. The monoisotopic (exact) mass is 763 g/mol. The standard InChI is InChI=1S/C42H43F6N5O2/c1-55-40-32(14-9-19-49-40)28-15-16-35-33(25-28)36(39(54)51-38(42(46,47)48)27-10-4-2-5-11-27)34(37(50-35)29-12-8-13-30(24-29)41(43,44)45)26-52-22-17-31(18-23-52)53-20-6-3-7-21-53/h2,4-5,8-16,19,24-25,31,38-39,51,54H,3,6-7,17-18,20-23,26H2,1H3/t38-,39?/m1/s1. The molecule has 0 aliphatic carbocycles. The molecule has 7 nitrogen and oxygen atoms in total. The second-order valence-electron chi connectivity index (χ2n) is 14.3. The van der Waals surface area contributed by atoms with Crippen LogP contribution in [0.15, 0.2) is 91.1 Å². The summed E-state index contributed by atoms with van der Waals surface area (Å²) in [6, 6.07) is 18.8. The van der Waals surface area contributed by atoms with Gasteiger partial charge in [-0.15, -0.1) is 0 Å². The van der Waals surface area contributed by atoms with Crippen molar-refractivity contribution in [1.82, 2.24) is 25.1 Å². The lowest BCUT2D eigenvalue weighted by molar-refractivity contribution is -0.165. The topological polar surface area (TPSA) is 73.8 Å². The van der Waals surface area contributed by atoms with Gasteiger partial charge in [0.2, 0.25) is 5.88 Å². The van der Waals surface area contributed by atoms with E-state index >= 15 is 0 Å². The van der Waals surface area contributed by atoms with Crippen LogP contribution in [0.2, 0.25) is 0 Å². The number of benzene rings is 3. The Bertz CT molecular complexity index is 2080. The number of methoxy groups -OCH3 is 1. The quantitative estimate of drug-likeness (QED) is 0.109. The minimum absolute atomic E-state index is 0.102. The number of nitrogens with zero attached hydrogens (tertiary/aromatic N) is 4. The molecular weight excluding hydrogens is 720 g/mol. The number of halogens is 6. The van der Waals surface area contributed by atoms with Crippen LogP contribution in [0.4, 0.5) is 26.3 Å². The first kappa shape index (κ1) is 38.7. The minimum atomic E-state index is -4.81. The highest BCUT2D eigenvalue weighted by Gasteiger charge is 2.42. The second kappa shape index (κ2) is 16.3. The van der Waals surface area contributed by atoms with Gasteiger partial charge in [-0.3, -0.25) is 10.2 Å². The summed E-state index contributed by atoms with van der Waals surface area (Å²) >= 11 is 0. The van der Waals surface area contributed by atoms with Crippen LogP contribution in [0.1, 0.15) is 66.6 Å². The molecule has 290 valence electrons. The van der Waals surface area contributed by atoms with Crippen LogP contribution in [-0.4, -0.2) is 70.4 Å². The van der Waals surface area contributed by atoms with E-state index in [0.29, 0.717) is 47.1 Å². The molecule has 0 bridgehead atoms. The molecule has 2 saturated heterocycles. The number of fused-ring (bicyclic) bond motifs is 1. The first-order chi connectivity index (χ1) is 26.4. The average Bonchev–Trinajstić information content (AvgIpc) is 3.19. The number of pyridine rings is 2. The molecule has 0 radical (unpaired) electrons. The summed E-state index contributed by atoms with van der Waals surface area (Å²) in [6.45, 7) is 3.55. The first-order valence-corrected chi connectivity index (χ1v) is 18.6. The molecule has 2 aliphatic rings. The van der Waals surface area contributed by atoms with E-state index in [1.54, 1.807) is 42.6 Å². The molecule has 2 atom stereocenters. The number of ether oxygens (including phenoxy) is 1. The number of rotatable bonds is 10. The van der Waals surface area contributed by atoms with Gasteiger partial charge in [0.05, 0.1) is 23.9 Å². The Morgan fingerprint density at radius 1 is 0.836 bits per heavy atom. The van der Waals surface area contributed by atoms with Crippen molar-refractivity contribution in [2.45, 2.75) is 69.3 Å². The highest BCUT2D eigenvalue weighted by atomic mass is 19.4. The van der Waals surface area contributed by atoms with Gasteiger partial charge in [0.15, 0.2) is 0 Å². The van der Waals surface area contributed by atoms with E-state index in [1.807, 2.05) is 0 Å². The molecular formula is C42H43F6N5O2. The van der Waals surface area contributed by atoms with Crippen molar-refractivity contribution in [2.24, 2.45) is 0 Å². The SMILES string of the molecule is COc1ncccc1-c1ccc2nc(-c3cccc(C(F)(F)F)c3)c(CN3CCC(N4CCCCC4)CC3)c(C(O)N[C@H](c3ccccc3)C(F)(F)F)c2c1. The maximum atomic E-state index is 14.8. The molecule has 7 rings (SSSR count). The lowest BCUT2D eigenvalue weighted by Crippen LogP contribution is -2.46. The zero-order valence-electron chi connectivity index (χ0n) is 30.4. The highest BCUT2D eigenvalue weighted by Crippen LogP contribution is 2.42. The number of likely N-dealkylation sites (tertiary alicyclic amines) is 2. The van der Waals surface area contributed by atoms with Crippen LogP contribution in [0, 0.1) is 0 Å². The van der Waals surface area contributed by atoms with Crippen LogP contribution >= 0.6 is 0 Å². The van der Waals surface area contributed by atoms with Crippen molar-refractivity contribution in [3.63, 3.8) is 0 Å². The molecule has 2 fully saturated rings. The molecule has 2 aliphatic heterocycles. The predicted octanol–water partition coefficient (Wildman–Crippen LogP) is 9.33. The van der Waals surface area contributed by atoms with Gasteiger partial charge in [-0.05, 0) is 99.4 Å². The van der Waals surface area contributed by atoms with Crippen molar-refractivity contribution in [2.75, 3.05) is 33.3 Å². The molecule has 13 heteroatoms. The Morgan fingerprint density at radius 3 is 2.27 bits per heavy atom. The fourth-order valence-corrected chi connectivity index (χ4v) is 8.04. The molecule has 0 saturated carbocycles. The molecule has 55 heavy (non-hydrogen) atoms. The summed E-state index contributed by atoms with van der Waals surface area (Å²) in [5.74, 6) is 0.314. The van der Waals surface area contributed by atoms with Crippen LogP contribution in [-0.2, 0) is 12.7 Å². The fraction of sp³-hybridized carbons (Fsp3) is 0.381. The summed E-state index contributed by atoms with van der Waals surface area (Å²) in [6.07, 6.45) is -4.54. The van der Waals surface area contributed by atoms with Crippen LogP contribution in [0.5, 0.6) is 5.88 Å². The Labute approximate surface area is 316 Å². The van der Waals surface area contributed by atoms with Gasteiger partial charge in [0.25, 0.3) is 0 Å². The number of aliphatic hydroxyl groups is 1. The number of aromatic nitrogens is 2. The van der Waals surface area contributed by atoms with E-state index < -0.39 is 30.2 Å². The molecule has 1 unspecified atom stereocenters. The molecule has 0 spiro atoms. The fourth-order valence-electron chi connectivity index (χ4n) is 8.04. The van der Waals surface area contributed by atoms with Crippen LogP contribution in [0.25, 0.3) is 33.3 Å². The van der Waals surface area contributed by atoms with Gasteiger partial charge in [-0.25, -0.2) is 9.97 Å². The third kappa shape index (κ3) is 8.65. The third-order valence-corrected chi connectivity index (χ3v) is 10.8. The molecule has 3 aromatic carbocycles. The zero-order valence-corrected chi connectivity index (χ0v) is 30.4. The maximum Gasteiger partial charge on any atom is 0.416 e. The lowest BCUT2D eigenvalue weighted by atomic mass is 9.91. The molecule has 4 heterocycles. The van der Waals surface area contributed by atoms with E-state index in [1.165, 1.54) is 49.9 Å². The normalized spacial score (nSPS) is 17.7. The van der Waals surface area contributed by atoms with E-state index in [4.69, 9.17) is 9.72 Å². The van der Waals surface area contributed by atoms with Gasteiger partial charge in [-0.2, -0.15) is 26.3 Å². The number of piperidine rings is 2. The Morgan fingerprint density at radius 2 is 1.58 bits per heavy atom. The van der Waals surface area contributed by atoms with E-state index in [2.05, 4.69) is 20.1 Å². The second-order valence-corrected chi connectivity index (χ2v) is 14.3. The van der Waals surface area contributed by atoms with Crippen molar-refractivity contribution in [3.05, 3.63) is 113 Å². The molecule has 5 aromatic rings. The number of alkyl halides is 6. The minimum Gasteiger partial charge on any atom is -0.481 e. The van der Waals surface area contributed by atoms with Gasteiger partial charge in [0, 0.05) is 46.4 Å². The zero-order chi connectivity index (χ0) is 38.7. The third-order valence-electron chi connectivity index (χ3n) is 10.8. The summed E-state index contributed by atoms with van der Waals surface area (Å²) in [5, 5.41) is 15.0. The Hall–Kier alpha value is -4.56. The Kier molecular flexibility index (Phi) is 11.4. The van der Waals surface area contributed by atoms with Gasteiger partial charge in [-0.1, -0.05) is 55.0 Å². The summed E-state index contributed by atoms with van der Waals surface area (Å²) in [5.41, 5.74) is 1.22. The largest absolute Gasteiger partial charge is 0.481 e.